The highest BCUT2D eigenvalue weighted by Crippen LogP contribution is 2.19. The summed E-state index contributed by atoms with van der Waals surface area (Å²) in [7, 11) is 0. The number of aliphatic hydroxyl groups is 2. The Morgan fingerprint density at radius 3 is 1.11 bits per heavy atom. The highest BCUT2D eigenvalue weighted by Gasteiger charge is 2.24. The number of nitrogens with one attached hydrogen (secondary N) is 1. The average molecular weight is 919 g/mol. The number of hydrogen-bond acceptors (Lipinski definition) is 5. The zero-order chi connectivity index (χ0) is 47.4. The van der Waals surface area contributed by atoms with Crippen molar-refractivity contribution in [1.29, 1.82) is 0 Å². The third-order valence-corrected chi connectivity index (χ3v) is 13.8. The van der Waals surface area contributed by atoms with Crippen LogP contribution < -0.4 is 5.32 Å². The molecular weight excluding hydrogens is 803 g/mol. The van der Waals surface area contributed by atoms with E-state index in [0.717, 1.165) is 57.8 Å². The molecule has 3 N–H and O–H groups in total. The molecule has 6 nitrogen and oxygen atoms in total. The fourth-order valence-corrected chi connectivity index (χ4v) is 9.37. The minimum absolute atomic E-state index is 0.0747. The topological polar surface area (TPSA) is 95.9 Å². The zero-order valence-corrected chi connectivity index (χ0v) is 44.2. The lowest BCUT2D eigenvalue weighted by molar-refractivity contribution is -0.151. The minimum atomic E-state index is -0.787. The van der Waals surface area contributed by atoms with Crippen molar-refractivity contribution in [3.63, 3.8) is 0 Å². The quantitative estimate of drug-likeness (QED) is 0.0321. The largest absolute Gasteiger partial charge is 0.462 e. The molecule has 1 amide bonds. The van der Waals surface area contributed by atoms with Gasteiger partial charge in [0.15, 0.2) is 0 Å². The monoisotopic (exact) mass is 918 g/mol. The van der Waals surface area contributed by atoms with Gasteiger partial charge < -0.3 is 20.3 Å². The van der Waals surface area contributed by atoms with Crippen molar-refractivity contribution in [1.82, 2.24) is 5.32 Å². The van der Waals surface area contributed by atoms with E-state index < -0.39 is 18.2 Å². The first-order valence-corrected chi connectivity index (χ1v) is 29.4. The van der Waals surface area contributed by atoms with Crippen LogP contribution in [0, 0.1) is 0 Å². The molecule has 0 rings (SSSR count). The van der Waals surface area contributed by atoms with Crippen molar-refractivity contribution in [3.8, 4) is 0 Å². The molecule has 0 aromatic rings. The first-order chi connectivity index (χ1) is 32.0. The van der Waals surface area contributed by atoms with Crippen LogP contribution in [0.25, 0.3) is 0 Å². The van der Waals surface area contributed by atoms with Gasteiger partial charge in [0.05, 0.1) is 25.2 Å². The molecule has 0 radical (unpaired) electrons. The second-order valence-corrected chi connectivity index (χ2v) is 20.4. The summed E-state index contributed by atoms with van der Waals surface area (Å²) in [6.07, 6.45) is 61.4. The maximum absolute atomic E-state index is 13.3. The summed E-state index contributed by atoms with van der Waals surface area (Å²) in [5.74, 6) is -0.466. The maximum Gasteiger partial charge on any atom is 0.306 e. The summed E-state index contributed by atoms with van der Waals surface area (Å²) in [6, 6.07) is -0.701. The number of aliphatic hydroxyl groups excluding tert-OH is 2. The van der Waals surface area contributed by atoms with Crippen LogP contribution in [0.1, 0.15) is 329 Å². The third kappa shape index (κ3) is 48.9. The van der Waals surface area contributed by atoms with E-state index in [1.165, 1.54) is 225 Å². The summed E-state index contributed by atoms with van der Waals surface area (Å²) in [5, 5.41) is 23.9. The molecule has 0 saturated carbocycles. The molecule has 0 saturated heterocycles. The van der Waals surface area contributed by atoms with E-state index in [2.05, 4.69) is 38.2 Å². The molecule has 3 unspecified atom stereocenters. The van der Waals surface area contributed by atoms with Crippen LogP contribution in [0.4, 0.5) is 0 Å². The molecule has 0 aliphatic carbocycles. The van der Waals surface area contributed by atoms with Crippen LogP contribution in [0.15, 0.2) is 12.2 Å². The number of unbranched alkanes of at least 4 members (excludes halogenated alkanes) is 40. The van der Waals surface area contributed by atoms with Crippen molar-refractivity contribution in [3.05, 3.63) is 12.2 Å². The highest BCUT2D eigenvalue weighted by molar-refractivity contribution is 5.77. The molecule has 386 valence electrons. The summed E-state index contributed by atoms with van der Waals surface area (Å²) < 4.78 is 5.96. The Bertz CT molecular complexity index is 986. The van der Waals surface area contributed by atoms with E-state index >= 15 is 0 Å². The first kappa shape index (κ1) is 63.6. The van der Waals surface area contributed by atoms with E-state index in [0.29, 0.717) is 19.3 Å². The molecule has 0 bridgehead atoms. The van der Waals surface area contributed by atoms with Crippen LogP contribution in [0.3, 0.4) is 0 Å². The van der Waals surface area contributed by atoms with Crippen LogP contribution in [-0.2, 0) is 14.3 Å². The van der Waals surface area contributed by atoms with E-state index in [9.17, 15) is 19.8 Å². The van der Waals surface area contributed by atoms with Gasteiger partial charge in [0, 0.05) is 6.42 Å². The molecule has 0 spiro atoms. The van der Waals surface area contributed by atoms with Crippen molar-refractivity contribution >= 4 is 11.9 Å². The molecule has 0 aliphatic heterocycles. The highest BCUT2D eigenvalue weighted by atomic mass is 16.5. The second kappa shape index (κ2) is 53.6. The van der Waals surface area contributed by atoms with Crippen LogP contribution in [-0.4, -0.2) is 46.9 Å². The van der Waals surface area contributed by atoms with Gasteiger partial charge in [-0.25, -0.2) is 0 Å². The smallest absolute Gasteiger partial charge is 0.306 e. The zero-order valence-electron chi connectivity index (χ0n) is 44.2. The first-order valence-electron chi connectivity index (χ1n) is 29.4. The standard InChI is InChI=1S/C59H115NO5/c1-4-7-10-13-16-19-22-25-28-29-31-33-36-39-42-45-48-51-57(62)56(54-61)60-58(63)53-55(50-47-44-41-38-35-32-27-24-21-18-15-12-9-6-3)65-59(64)52-49-46-43-40-37-34-30-26-23-20-17-14-11-8-5-2/h32,35,55-57,61-62H,4-31,33-34,36-54H2,1-3H3,(H,60,63)/b35-32+. The molecule has 0 fully saturated rings. The fourth-order valence-electron chi connectivity index (χ4n) is 9.37. The van der Waals surface area contributed by atoms with Crippen molar-refractivity contribution in [2.45, 2.75) is 347 Å². The predicted molar refractivity (Wildman–Crippen MR) is 283 cm³/mol. The van der Waals surface area contributed by atoms with E-state index in [-0.39, 0.29) is 24.9 Å². The van der Waals surface area contributed by atoms with Gasteiger partial charge in [-0.3, -0.25) is 9.59 Å². The maximum atomic E-state index is 13.3. The van der Waals surface area contributed by atoms with Crippen LogP contribution in [0.5, 0.6) is 0 Å². The fraction of sp³-hybridized carbons (Fsp3) is 0.932. The van der Waals surface area contributed by atoms with Gasteiger partial charge in [-0.05, 0) is 51.4 Å². The Hall–Kier alpha value is -1.40. The third-order valence-electron chi connectivity index (χ3n) is 13.8. The summed E-state index contributed by atoms with van der Waals surface area (Å²) >= 11 is 0. The summed E-state index contributed by atoms with van der Waals surface area (Å²) in [6.45, 7) is 6.52. The number of allylic oxidation sites excluding steroid dienone is 2. The lowest BCUT2D eigenvalue weighted by Gasteiger charge is -2.24. The second-order valence-electron chi connectivity index (χ2n) is 20.4. The number of carbonyl (C=O) groups excluding carboxylic acids is 2. The van der Waals surface area contributed by atoms with Crippen molar-refractivity contribution < 1.29 is 24.5 Å². The SMILES string of the molecule is CCCCCCCCC/C=C/CCCCCC(CC(=O)NC(CO)C(O)CCCCCCCCCCCCCCCCCCC)OC(=O)CCCCCCCCCCCCCCCCC. The van der Waals surface area contributed by atoms with Crippen molar-refractivity contribution in [2.24, 2.45) is 0 Å². The van der Waals surface area contributed by atoms with Gasteiger partial charge >= 0.3 is 5.97 Å². The van der Waals surface area contributed by atoms with Gasteiger partial charge in [-0.1, -0.05) is 277 Å². The van der Waals surface area contributed by atoms with E-state index in [1.54, 1.807) is 0 Å². The Kier molecular flexibility index (Phi) is 52.4. The Morgan fingerprint density at radius 1 is 0.431 bits per heavy atom. The molecule has 0 aromatic heterocycles. The molecular formula is C59H115NO5. The van der Waals surface area contributed by atoms with Gasteiger partial charge in [0.1, 0.15) is 6.10 Å². The summed E-state index contributed by atoms with van der Waals surface area (Å²) in [4.78, 5) is 26.3. The number of amides is 1. The Balaban J connectivity index is 4.49. The van der Waals surface area contributed by atoms with E-state index in [4.69, 9.17) is 4.74 Å². The Morgan fingerprint density at radius 2 is 0.738 bits per heavy atom. The molecule has 0 aliphatic rings. The van der Waals surface area contributed by atoms with Crippen LogP contribution >= 0.6 is 0 Å². The van der Waals surface area contributed by atoms with Gasteiger partial charge in [-0.15, -0.1) is 0 Å². The predicted octanol–water partition coefficient (Wildman–Crippen LogP) is 18.1. The molecule has 6 heteroatoms. The minimum Gasteiger partial charge on any atom is -0.462 e. The number of carbonyl (C=O) groups is 2. The number of rotatable bonds is 54. The number of hydrogen-bond donors (Lipinski definition) is 3. The van der Waals surface area contributed by atoms with Crippen molar-refractivity contribution in [2.75, 3.05) is 6.61 Å². The molecule has 0 heterocycles. The summed E-state index contributed by atoms with van der Waals surface area (Å²) in [5.41, 5.74) is 0. The lowest BCUT2D eigenvalue weighted by atomic mass is 10.0. The number of esters is 1. The van der Waals surface area contributed by atoms with Gasteiger partial charge in [0.2, 0.25) is 5.91 Å². The van der Waals surface area contributed by atoms with Gasteiger partial charge in [-0.2, -0.15) is 0 Å². The normalized spacial score (nSPS) is 13.1. The average Bonchev–Trinajstić information content (AvgIpc) is 3.30. The Labute approximate surface area is 406 Å². The van der Waals surface area contributed by atoms with E-state index in [1.807, 2.05) is 0 Å². The van der Waals surface area contributed by atoms with Gasteiger partial charge in [0.25, 0.3) is 0 Å². The molecule has 65 heavy (non-hydrogen) atoms. The lowest BCUT2D eigenvalue weighted by Crippen LogP contribution is -2.46. The molecule has 0 aromatic carbocycles. The van der Waals surface area contributed by atoms with Crippen LogP contribution in [0.2, 0.25) is 0 Å². The number of ether oxygens (including phenoxy) is 1. The molecule has 3 atom stereocenters.